The normalized spacial score (nSPS) is 38.1. The van der Waals surface area contributed by atoms with Gasteiger partial charge in [-0.15, -0.1) is 6.58 Å². The second kappa shape index (κ2) is 5.18. The Balaban J connectivity index is 2.25. The maximum Gasteiger partial charge on any atom is 0.156 e. The molecule has 1 saturated heterocycles. The number of aliphatic hydroxyl groups is 1. The largest absolute Gasteiger partial charge is 0.393 e. The van der Waals surface area contributed by atoms with Gasteiger partial charge in [-0.1, -0.05) is 18.9 Å². The highest BCUT2D eigenvalue weighted by atomic mass is 16.5. The molecule has 0 spiro atoms. The molecule has 1 heterocycles. The van der Waals surface area contributed by atoms with Crippen LogP contribution in [-0.2, 0) is 4.74 Å². The molecular formula is C13H20N2O2. The summed E-state index contributed by atoms with van der Waals surface area (Å²) in [6, 6.07) is 2.49. The smallest absolute Gasteiger partial charge is 0.156 e. The van der Waals surface area contributed by atoms with Crippen molar-refractivity contribution >= 4 is 0 Å². The Morgan fingerprint density at radius 3 is 2.94 bits per heavy atom. The van der Waals surface area contributed by atoms with E-state index in [-0.39, 0.29) is 18.8 Å². The van der Waals surface area contributed by atoms with Crippen LogP contribution in [0.2, 0.25) is 0 Å². The van der Waals surface area contributed by atoms with Gasteiger partial charge in [0, 0.05) is 12.6 Å². The molecule has 0 aromatic heterocycles. The van der Waals surface area contributed by atoms with Gasteiger partial charge >= 0.3 is 0 Å². The van der Waals surface area contributed by atoms with E-state index in [2.05, 4.69) is 17.5 Å². The number of fused-ring (bicyclic) bond motifs is 1. The SMILES string of the molecule is C=CCN1[C@H]2CCCC[C@@H]2OC[C@@]1(C#N)CO. The van der Waals surface area contributed by atoms with Crippen molar-refractivity contribution in [2.75, 3.05) is 19.8 Å². The second-order valence-electron chi connectivity index (χ2n) is 4.94. The van der Waals surface area contributed by atoms with Crippen LogP contribution >= 0.6 is 0 Å². The highest BCUT2D eigenvalue weighted by Crippen LogP contribution is 2.35. The lowest BCUT2D eigenvalue weighted by Crippen LogP contribution is -2.66. The number of rotatable bonds is 3. The van der Waals surface area contributed by atoms with E-state index >= 15 is 0 Å². The third-order valence-electron chi connectivity index (χ3n) is 3.95. The quantitative estimate of drug-likeness (QED) is 0.745. The molecule has 1 N–H and O–H groups in total. The van der Waals surface area contributed by atoms with Crippen molar-refractivity contribution in [1.29, 1.82) is 5.26 Å². The van der Waals surface area contributed by atoms with Crippen molar-refractivity contribution in [1.82, 2.24) is 4.90 Å². The first-order chi connectivity index (χ1) is 8.27. The molecule has 2 aliphatic rings. The molecule has 0 aromatic carbocycles. The molecule has 1 aliphatic carbocycles. The zero-order chi connectivity index (χ0) is 12.3. The molecule has 17 heavy (non-hydrogen) atoms. The Bertz CT molecular complexity index is 326. The predicted molar refractivity (Wildman–Crippen MR) is 64.3 cm³/mol. The van der Waals surface area contributed by atoms with Crippen LogP contribution in [-0.4, -0.2) is 47.4 Å². The molecule has 0 bridgehead atoms. The summed E-state index contributed by atoms with van der Waals surface area (Å²) in [6.45, 7) is 4.51. The molecule has 0 unspecified atom stereocenters. The van der Waals surface area contributed by atoms with E-state index in [1.807, 2.05) is 0 Å². The topological polar surface area (TPSA) is 56.5 Å². The molecule has 4 nitrogen and oxygen atoms in total. The highest BCUT2D eigenvalue weighted by Gasteiger charge is 2.48. The van der Waals surface area contributed by atoms with Crippen molar-refractivity contribution in [2.24, 2.45) is 0 Å². The minimum Gasteiger partial charge on any atom is -0.393 e. The van der Waals surface area contributed by atoms with Gasteiger partial charge in [0.2, 0.25) is 0 Å². The van der Waals surface area contributed by atoms with Gasteiger partial charge in [-0.05, 0) is 12.8 Å². The number of ether oxygens (including phenoxy) is 1. The third kappa shape index (κ3) is 2.11. The summed E-state index contributed by atoms with van der Waals surface area (Å²) in [7, 11) is 0. The monoisotopic (exact) mass is 236 g/mol. The molecule has 4 heteroatoms. The zero-order valence-corrected chi connectivity index (χ0v) is 10.1. The number of hydrogen-bond donors (Lipinski definition) is 1. The first-order valence-corrected chi connectivity index (χ1v) is 6.29. The third-order valence-corrected chi connectivity index (χ3v) is 3.95. The van der Waals surface area contributed by atoms with Gasteiger partial charge in [0.1, 0.15) is 0 Å². The second-order valence-corrected chi connectivity index (χ2v) is 4.94. The fourth-order valence-corrected chi connectivity index (χ4v) is 2.99. The summed E-state index contributed by atoms with van der Waals surface area (Å²) < 4.78 is 5.80. The van der Waals surface area contributed by atoms with Gasteiger partial charge in [0.15, 0.2) is 5.54 Å². The van der Waals surface area contributed by atoms with E-state index in [0.29, 0.717) is 13.2 Å². The summed E-state index contributed by atoms with van der Waals surface area (Å²) in [5.41, 5.74) is -0.882. The van der Waals surface area contributed by atoms with Crippen LogP contribution in [0.3, 0.4) is 0 Å². The van der Waals surface area contributed by atoms with Crippen LogP contribution in [0.25, 0.3) is 0 Å². The Labute approximate surface area is 102 Å². The fourth-order valence-electron chi connectivity index (χ4n) is 2.99. The molecule has 94 valence electrons. The molecule has 0 aromatic rings. The van der Waals surface area contributed by atoms with E-state index in [1.54, 1.807) is 6.08 Å². The van der Waals surface area contributed by atoms with Crippen LogP contribution in [0.15, 0.2) is 12.7 Å². The van der Waals surface area contributed by atoms with Crippen LogP contribution in [0, 0.1) is 11.3 Å². The maximum absolute atomic E-state index is 9.55. The van der Waals surface area contributed by atoms with Gasteiger partial charge in [-0.25, -0.2) is 0 Å². The van der Waals surface area contributed by atoms with Crippen molar-refractivity contribution in [3.05, 3.63) is 12.7 Å². The van der Waals surface area contributed by atoms with Gasteiger partial charge in [0.05, 0.1) is 25.4 Å². The van der Waals surface area contributed by atoms with Gasteiger partial charge < -0.3 is 9.84 Å². The summed E-state index contributed by atoms with van der Waals surface area (Å²) >= 11 is 0. The molecular weight excluding hydrogens is 216 g/mol. The maximum atomic E-state index is 9.55. The number of hydrogen-bond acceptors (Lipinski definition) is 4. The number of morpholine rings is 1. The number of nitrogens with zero attached hydrogens (tertiary/aromatic N) is 2. The summed E-state index contributed by atoms with van der Waals surface area (Å²) in [4.78, 5) is 2.09. The minimum absolute atomic E-state index is 0.180. The summed E-state index contributed by atoms with van der Waals surface area (Å²) in [5.74, 6) is 0. The average Bonchev–Trinajstić information content (AvgIpc) is 2.40. The van der Waals surface area contributed by atoms with E-state index in [4.69, 9.17) is 4.74 Å². The fraction of sp³-hybridized carbons (Fsp3) is 0.769. The lowest BCUT2D eigenvalue weighted by atomic mass is 9.85. The highest BCUT2D eigenvalue weighted by molar-refractivity contribution is 5.14. The lowest BCUT2D eigenvalue weighted by Gasteiger charge is -2.51. The van der Waals surface area contributed by atoms with Gasteiger partial charge in [-0.3, -0.25) is 4.90 Å². The minimum atomic E-state index is -0.882. The lowest BCUT2D eigenvalue weighted by molar-refractivity contribution is -0.149. The summed E-state index contributed by atoms with van der Waals surface area (Å²) in [5, 5.41) is 18.9. The molecule has 0 amide bonds. The van der Waals surface area contributed by atoms with E-state index in [1.165, 1.54) is 12.8 Å². The first-order valence-electron chi connectivity index (χ1n) is 6.29. The Hall–Kier alpha value is -0.890. The Morgan fingerprint density at radius 1 is 1.53 bits per heavy atom. The van der Waals surface area contributed by atoms with Crippen LogP contribution in [0.4, 0.5) is 0 Å². The number of aliphatic hydroxyl groups excluding tert-OH is 1. The number of nitriles is 1. The van der Waals surface area contributed by atoms with Crippen molar-refractivity contribution in [2.45, 2.75) is 43.4 Å². The van der Waals surface area contributed by atoms with Gasteiger partial charge in [-0.2, -0.15) is 5.26 Å². The van der Waals surface area contributed by atoms with Gasteiger partial charge in [0.25, 0.3) is 0 Å². The van der Waals surface area contributed by atoms with Crippen molar-refractivity contribution in [3.8, 4) is 6.07 Å². The average molecular weight is 236 g/mol. The van der Waals surface area contributed by atoms with E-state index in [9.17, 15) is 10.4 Å². The van der Waals surface area contributed by atoms with Crippen molar-refractivity contribution < 1.29 is 9.84 Å². The van der Waals surface area contributed by atoms with Crippen LogP contribution in [0.5, 0.6) is 0 Å². The molecule has 2 rings (SSSR count). The van der Waals surface area contributed by atoms with Crippen molar-refractivity contribution in [3.63, 3.8) is 0 Å². The first kappa shape index (κ1) is 12.6. The van der Waals surface area contributed by atoms with Crippen LogP contribution < -0.4 is 0 Å². The summed E-state index contributed by atoms with van der Waals surface area (Å²) in [6.07, 6.45) is 6.50. The predicted octanol–water partition coefficient (Wildman–Crippen LogP) is 1.07. The molecule has 1 aliphatic heterocycles. The Kier molecular flexibility index (Phi) is 3.82. The van der Waals surface area contributed by atoms with E-state index in [0.717, 1.165) is 12.8 Å². The standard InChI is InChI=1S/C13H20N2O2/c1-2-7-15-11-5-3-4-6-12(11)17-10-13(15,8-14)9-16/h2,11-12,16H,1,3-7,9-10H2/t11-,12-,13+/m0/s1. The zero-order valence-electron chi connectivity index (χ0n) is 10.1. The molecule has 0 radical (unpaired) electrons. The van der Waals surface area contributed by atoms with E-state index < -0.39 is 5.54 Å². The Morgan fingerprint density at radius 2 is 2.29 bits per heavy atom. The van der Waals surface area contributed by atoms with Crippen LogP contribution in [0.1, 0.15) is 25.7 Å². The molecule has 1 saturated carbocycles. The molecule has 3 atom stereocenters. The molecule has 2 fully saturated rings.